The van der Waals surface area contributed by atoms with Crippen molar-refractivity contribution in [3.05, 3.63) is 50.5 Å². The molecule has 1 heterocycles. The van der Waals surface area contributed by atoms with Crippen LogP contribution in [0.3, 0.4) is 0 Å². The van der Waals surface area contributed by atoms with Gasteiger partial charge < -0.3 is 11.1 Å². The van der Waals surface area contributed by atoms with E-state index in [1.165, 1.54) is 7.05 Å². The molecule has 0 spiro atoms. The van der Waals surface area contributed by atoms with Gasteiger partial charge in [0.25, 0.3) is 5.56 Å². The van der Waals surface area contributed by atoms with Crippen molar-refractivity contribution in [2.45, 2.75) is 32.5 Å². The van der Waals surface area contributed by atoms with Crippen LogP contribution in [-0.4, -0.2) is 34.7 Å². The molecule has 1 amide bonds. The summed E-state index contributed by atoms with van der Waals surface area (Å²) in [4.78, 5) is 28.6. The zero-order valence-electron chi connectivity index (χ0n) is 15.8. The van der Waals surface area contributed by atoms with Crippen LogP contribution < -0.4 is 16.6 Å². The number of nitrogens with zero attached hydrogens (tertiary/aromatic N) is 3. The Balaban J connectivity index is 2.37. The maximum atomic E-state index is 12.7. The van der Waals surface area contributed by atoms with Gasteiger partial charge >= 0.3 is 6.18 Å². The third-order valence-electron chi connectivity index (χ3n) is 3.92. The smallest absolute Gasteiger partial charge is 0.395 e. The number of rotatable bonds is 4. The van der Waals surface area contributed by atoms with Crippen molar-refractivity contribution in [2.75, 3.05) is 7.05 Å². The third-order valence-corrected chi connectivity index (χ3v) is 4.41. The Morgan fingerprint density at radius 1 is 1.38 bits per heavy atom. The Labute approximate surface area is 172 Å². The monoisotopic (exact) mass is 473 g/mol. The van der Waals surface area contributed by atoms with Crippen molar-refractivity contribution in [3.63, 3.8) is 0 Å². The molecule has 156 valence electrons. The number of alkyl halides is 3. The van der Waals surface area contributed by atoms with E-state index in [1.807, 2.05) is 13.8 Å². The molecule has 0 aliphatic rings. The first-order chi connectivity index (χ1) is 13.4. The summed E-state index contributed by atoms with van der Waals surface area (Å²) in [6.45, 7) is 3.29. The van der Waals surface area contributed by atoms with Crippen LogP contribution in [0, 0.1) is 0 Å². The number of aliphatic imine (C=N–C) groups is 1. The van der Waals surface area contributed by atoms with Gasteiger partial charge in [-0.3, -0.25) is 14.6 Å². The molecule has 0 bridgehead atoms. The van der Waals surface area contributed by atoms with Crippen LogP contribution in [0.5, 0.6) is 0 Å². The van der Waals surface area contributed by atoms with E-state index in [4.69, 9.17) is 5.73 Å². The van der Waals surface area contributed by atoms with Crippen LogP contribution in [0.2, 0.25) is 0 Å². The normalized spacial score (nSPS) is 13.2. The number of fused-ring (bicyclic) bond motifs is 1. The van der Waals surface area contributed by atoms with E-state index in [-0.39, 0.29) is 11.8 Å². The Morgan fingerprint density at radius 3 is 2.59 bits per heavy atom. The van der Waals surface area contributed by atoms with Crippen LogP contribution in [0.1, 0.15) is 25.5 Å². The number of carbonyl (C=O) groups excluding carboxylic acids is 1. The highest BCUT2D eigenvalue weighted by molar-refractivity contribution is 9.10. The first kappa shape index (κ1) is 22.6. The average Bonchev–Trinajstić information content (AvgIpc) is 2.62. The van der Waals surface area contributed by atoms with Crippen LogP contribution in [0.4, 0.5) is 13.2 Å². The average molecular weight is 474 g/mol. The summed E-state index contributed by atoms with van der Waals surface area (Å²) in [6, 6.07) is 5.09. The van der Waals surface area contributed by atoms with Gasteiger partial charge in [-0.05, 0) is 24.1 Å². The van der Waals surface area contributed by atoms with Gasteiger partial charge in [0.15, 0.2) is 0 Å². The molecule has 29 heavy (non-hydrogen) atoms. The summed E-state index contributed by atoms with van der Waals surface area (Å²) in [6.07, 6.45) is -4.25. The van der Waals surface area contributed by atoms with Crippen molar-refractivity contribution < 1.29 is 18.0 Å². The second-order valence-electron chi connectivity index (χ2n) is 6.45. The second-order valence-corrected chi connectivity index (χ2v) is 7.36. The summed E-state index contributed by atoms with van der Waals surface area (Å²) < 4.78 is 39.4. The molecule has 0 saturated heterocycles. The summed E-state index contributed by atoms with van der Waals surface area (Å²) in [7, 11) is 1.20. The van der Waals surface area contributed by atoms with E-state index >= 15 is 0 Å². The number of allylic oxidation sites excluding steroid dienone is 1. The number of nitrogens with one attached hydrogen (secondary N) is 1. The highest BCUT2D eigenvalue weighted by Gasteiger charge is 2.31. The molecular formula is C18H19BrF3N5O2. The zero-order chi connectivity index (χ0) is 21.9. The van der Waals surface area contributed by atoms with Crippen molar-refractivity contribution in [1.29, 1.82) is 0 Å². The van der Waals surface area contributed by atoms with Gasteiger partial charge in [0.2, 0.25) is 5.91 Å². The minimum Gasteiger partial charge on any atom is -0.395 e. The first-order valence-electron chi connectivity index (χ1n) is 8.45. The van der Waals surface area contributed by atoms with Crippen LogP contribution >= 0.6 is 15.9 Å². The lowest BCUT2D eigenvalue weighted by atomic mass is 10.0. The highest BCUT2D eigenvalue weighted by atomic mass is 79.9. The molecule has 2 aromatic rings. The van der Waals surface area contributed by atoms with Gasteiger partial charge in [-0.15, -0.1) is 0 Å². The van der Waals surface area contributed by atoms with Gasteiger partial charge in [-0.25, -0.2) is 4.68 Å². The lowest BCUT2D eigenvalue weighted by Crippen LogP contribution is -2.37. The predicted octanol–water partition coefficient (Wildman–Crippen LogP) is 2.83. The first-order valence-corrected chi connectivity index (χ1v) is 9.24. The topological polar surface area (TPSA) is 102 Å². The Bertz CT molecular complexity index is 1060. The van der Waals surface area contributed by atoms with Gasteiger partial charge in [0.05, 0.1) is 11.1 Å². The van der Waals surface area contributed by atoms with E-state index in [2.05, 4.69) is 31.3 Å². The minimum absolute atomic E-state index is 0.0380. The molecule has 1 aromatic heterocycles. The van der Waals surface area contributed by atoms with E-state index in [0.717, 1.165) is 9.15 Å². The number of hydrogen-bond donors (Lipinski definition) is 2. The molecule has 1 aromatic carbocycles. The molecule has 2 rings (SSSR count). The number of nitrogens with two attached hydrogens (primary N) is 1. The van der Waals surface area contributed by atoms with Crippen molar-refractivity contribution in [1.82, 2.24) is 15.1 Å². The molecular weight excluding hydrogens is 455 g/mol. The fourth-order valence-corrected chi connectivity index (χ4v) is 2.88. The highest BCUT2D eigenvalue weighted by Crippen LogP contribution is 2.24. The molecule has 3 N–H and O–H groups in total. The fourth-order valence-electron chi connectivity index (χ4n) is 2.52. The molecule has 0 aliphatic heterocycles. The standard InChI is InChI=1S/C18H19BrF3N5O2/c1-9(2)16-12-6-10(19)4-5-11(12)17(29)27(26-16)8-15(28)25-14(24-3)7-13(23)18(20,21)22/h4-7,9H,8,23H2,1-3H3,(H,24,25,28). The summed E-state index contributed by atoms with van der Waals surface area (Å²) in [5.41, 5.74) is 3.65. The summed E-state index contributed by atoms with van der Waals surface area (Å²) >= 11 is 3.36. The Kier molecular flexibility index (Phi) is 6.83. The summed E-state index contributed by atoms with van der Waals surface area (Å²) in [5.74, 6) is -1.19. The van der Waals surface area contributed by atoms with Crippen molar-refractivity contribution in [3.8, 4) is 0 Å². The SMILES string of the molecule is CN=C(C=C(N)C(F)(F)F)NC(=O)Cn1nc(C(C)C)c2cc(Br)ccc2c1=O. The second kappa shape index (κ2) is 8.76. The summed E-state index contributed by atoms with van der Waals surface area (Å²) in [5, 5.41) is 7.52. The number of benzene rings is 1. The fraction of sp³-hybridized carbons (Fsp3) is 0.333. The molecule has 0 fully saturated rings. The molecule has 0 unspecified atom stereocenters. The molecule has 0 aliphatic carbocycles. The number of hydrogen-bond acceptors (Lipinski definition) is 5. The van der Waals surface area contributed by atoms with Gasteiger partial charge in [0.1, 0.15) is 18.1 Å². The van der Waals surface area contributed by atoms with E-state index in [0.29, 0.717) is 22.5 Å². The molecule has 0 radical (unpaired) electrons. The van der Waals surface area contributed by atoms with E-state index in [1.54, 1.807) is 18.2 Å². The van der Waals surface area contributed by atoms with Crippen LogP contribution in [0.25, 0.3) is 10.8 Å². The largest absolute Gasteiger partial charge is 0.430 e. The predicted molar refractivity (Wildman–Crippen MR) is 108 cm³/mol. The van der Waals surface area contributed by atoms with Gasteiger partial charge in [-0.2, -0.15) is 18.3 Å². The Hall–Kier alpha value is -2.69. The number of halogens is 4. The van der Waals surface area contributed by atoms with Gasteiger partial charge in [0, 0.05) is 23.0 Å². The Morgan fingerprint density at radius 2 is 2.03 bits per heavy atom. The molecule has 0 saturated carbocycles. The maximum absolute atomic E-state index is 12.7. The van der Waals surface area contributed by atoms with E-state index in [9.17, 15) is 22.8 Å². The lowest BCUT2D eigenvalue weighted by Gasteiger charge is -2.14. The molecule has 7 nitrogen and oxygen atoms in total. The maximum Gasteiger partial charge on any atom is 0.430 e. The number of carbonyl (C=O) groups is 1. The minimum atomic E-state index is -4.75. The van der Waals surface area contributed by atoms with Crippen LogP contribution in [-0.2, 0) is 11.3 Å². The molecule has 0 atom stereocenters. The van der Waals surface area contributed by atoms with Crippen molar-refractivity contribution >= 4 is 38.4 Å². The molecule has 11 heteroatoms. The third kappa shape index (κ3) is 5.43. The van der Waals surface area contributed by atoms with E-state index < -0.39 is 29.9 Å². The number of amides is 1. The van der Waals surface area contributed by atoms with Crippen LogP contribution in [0.15, 0.2) is 44.2 Å². The van der Waals surface area contributed by atoms with Crippen molar-refractivity contribution in [2.24, 2.45) is 10.7 Å². The quantitative estimate of drug-likeness (QED) is 0.526. The number of aromatic nitrogens is 2. The van der Waals surface area contributed by atoms with Gasteiger partial charge in [-0.1, -0.05) is 29.8 Å². The zero-order valence-corrected chi connectivity index (χ0v) is 17.4. The number of amidine groups is 1. The lowest BCUT2D eigenvalue weighted by molar-refractivity contribution is -0.120.